The zero-order valence-corrected chi connectivity index (χ0v) is 5.96. The van der Waals surface area contributed by atoms with Gasteiger partial charge in [0.05, 0.1) is 0 Å². The Morgan fingerprint density at radius 3 is 2.29 bits per heavy atom. The van der Waals surface area contributed by atoms with E-state index in [0.717, 1.165) is 0 Å². The fraction of sp³-hybridized carbons (Fsp3) is 1.00. The molecular weight excluding hydrogens is 159 g/mol. The predicted molar refractivity (Wildman–Crippen MR) is 24.7 cm³/mol. The molecule has 1 aliphatic rings. The van der Waals surface area contributed by atoms with Crippen LogP contribution in [0.3, 0.4) is 0 Å². The third kappa shape index (κ3) is 1.42. The van der Waals surface area contributed by atoms with Gasteiger partial charge in [0.15, 0.2) is 0 Å². The van der Waals surface area contributed by atoms with Crippen molar-refractivity contribution in [1.82, 2.24) is 0 Å². The van der Waals surface area contributed by atoms with Gasteiger partial charge in [0.1, 0.15) is 0 Å². The van der Waals surface area contributed by atoms with E-state index in [9.17, 15) is 0 Å². The van der Waals surface area contributed by atoms with Crippen LogP contribution in [-0.4, -0.2) is 36.0 Å². The van der Waals surface area contributed by atoms with Crippen LogP contribution < -0.4 is 0 Å². The topological polar surface area (TPSA) is 27.7 Å². The molecule has 0 saturated carbocycles. The van der Waals surface area contributed by atoms with Crippen molar-refractivity contribution in [3.63, 3.8) is 0 Å². The van der Waals surface area contributed by atoms with Crippen molar-refractivity contribution in [1.29, 1.82) is 0 Å². The van der Waals surface area contributed by atoms with Crippen molar-refractivity contribution in [2.45, 2.75) is 0 Å². The molecule has 1 rings (SSSR count). The first-order valence-electron chi connectivity index (χ1n) is 2.03. The van der Waals surface area contributed by atoms with Crippen LogP contribution in [0, 0.1) is 0 Å². The second-order valence-electron chi connectivity index (χ2n) is 1.07. The number of rotatable bonds is 1. The molecule has 0 amide bonds. The maximum atomic E-state index is 5.00. The Hall–Kier alpha value is 0.438. The summed E-state index contributed by atoms with van der Waals surface area (Å²) in [5.74, 6) is 0. The molecule has 1 saturated heterocycles. The van der Waals surface area contributed by atoms with E-state index in [1.165, 1.54) is 0 Å². The van der Waals surface area contributed by atoms with Crippen LogP contribution in [0.1, 0.15) is 0 Å². The molecule has 0 radical (unpaired) electrons. The molecule has 3 nitrogen and oxygen atoms in total. The van der Waals surface area contributed by atoms with Gasteiger partial charge in [-0.3, -0.25) is 0 Å². The second-order valence-corrected chi connectivity index (χ2v) is 3.86. The molecule has 0 aliphatic carbocycles. The first-order chi connectivity index (χ1) is 3.43. The summed E-state index contributed by atoms with van der Waals surface area (Å²) in [5.41, 5.74) is 0. The molecule has 0 unspecified atom stereocenters. The molecule has 0 aromatic carbocycles. The average Bonchev–Trinajstić information content (AvgIpc) is 2.14. The van der Waals surface area contributed by atoms with Crippen molar-refractivity contribution < 1.29 is 11.2 Å². The van der Waals surface area contributed by atoms with E-state index in [-0.39, 0.29) is 0 Å². The summed E-state index contributed by atoms with van der Waals surface area (Å²) in [7, 11) is 1.62. The first-order valence-corrected chi connectivity index (χ1v) is 4.33. The van der Waals surface area contributed by atoms with E-state index in [4.69, 9.17) is 11.2 Å². The molecule has 0 spiro atoms. The average molecular weight is 166 g/mol. The predicted octanol–water partition coefficient (Wildman–Crippen LogP) is -0.336. The molecule has 0 atom stereocenters. The summed E-state index contributed by atoms with van der Waals surface area (Å²) in [5, 5.41) is 0. The fourth-order valence-corrected chi connectivity index (χ4v) is 1.90. The van der Waals surface area contributed by atoms with Gasteiger partial charge in [0.25, 0.3) is 0 Å². The van der Waals surface area contributed by atoms with Crippen LogP contribution in [0.25, 0.3) is 0 Å². The molecule has 0 N–H and O–H groups in total. The van der Waals surface area contributed by atoms with E-state index in [2.05, 4.69) is 0 Å². The fourth-order valence-electron chi connectivity index (χ4n) is 0.366. The van der Waals surface area contributed by atoms with Crippen molar-refractivity contribution in [2.24, 2.45) is 0 Å². The Labute approximate surface area is 47.9 Å². The van der Waals surface area contributed by atoms with Crippen LogP contribution in [0.5, 0.6) is 0 Å². The van der Waals surface area contributed by atoms with E-state index < -0.39 is 15.7 Å². The monoisotopic (exact) mass is 166 g/mol. The van der Waals surface area contributed by atoms with Gasteiger partial charge in [-0.2, -0.15) is 0 Å². The Balaban J connectivity index is 2.14. The minimum absolute atomic E-state index is 0.716. The zero-order valence-electron chi connectivity index (χ0n) is 4.09. The van der Waals surface area contributed by atoms with Gasteiger partial charge in [0.2, 0.25) is 0 Å². The van der Waals surface area contributed by atoms with Crippen molar-refractivity contribution >= 4 is 15.7 Å². The summed E-state index contributed by atoms with van der Waals surface area (Å²) >= 11 is -1.62. The third-order valence-electron chi connectivity index (χ3n) is 0.626. The first kappa shape index (κ1) is 5.57. The van der Waals surface area contributed by atoms with E-state index in [0.29, 0.717) is 13.2 Å². The Bertz CT molecular complexity index is 52.1. The molecule has 4 heteroatoms. The van der Waals surface area contributed by atoms with Crippen molar-refractivity contribution in [2.75, 3.05) is 20.3 Å². The van der Waals surface area contributed by atoms with Gasteiger partial charge < -0.3 is 0 Å². The Morgan fingerprint density at radius 1 is 1.43 bits per heavy atom. The summed E-state index contributed by atoms with van der Waals surface area (Å²) in [6, 6.07) is 0. The van der Waals surface area contributed by atoms with Crippen LogP contribution in [0.15, 0.2) is 0 Å². The molecule has 1 fully saturated rings. The normalized spacial score (nSPS) is 23.6. The van der Waals surface area contributed by atoms with Gasteiger partial charge in [0, 0.05) is 0 Å². The molecule has 1 aliphatic heterocycles. The zero-order chi connectivity index (χ0) is 5.11. The van der Waals surface area contributed by atoms with Gasteiger partial charge >= 0.3 is 47.2 Å². The van der Waals surface area contributed by atoms with Gasteiger partial charge in [-0.25, -0.2) is 0 Å². The summed E-state index contributed by atoms with van der Waals surface area (Å²) in [6.07, 6.45) is 0. The van der Waals surface area contributed by atoms with Crippen molar-refractivity contribution in [3.8, 4) is 0 Å². The Kier molecular flexibility index (Phi) is 2.13. The number of hydrogen-bond donors (Lipinski definition) is 0. The Morgan fingerprint density at radius 2 is 2.00 bits per heavy atom. The summed E-state index contributed by atoms with van der Waals surface area (Å²) < 4.78 is 14.8. The number of hydrogen-bond acceptors (Lipinski definition) is 3. The molecule has 7 heavy (non-hydrogen) atoms. The van der Waals surface area contributed by atoms with Crippen LogP contribution >= 0.6 is 0 Å². The van der Waals surface area contributed by atoms with Crippen LogP contribution in [0.4, 0.5) is 0 Å². The molecule has 0 bridgehead atoms. The van der Waals surface area contributed by atoms with E-state index >= 15 is 0 Å². The standard InChI is InChI=1S/C3H7AsO3/c1-5-4-6-2-3-7-4/h2-3H2,1H3. The third-order valence-corrected chi connectivity index (χ3v) is 2.90. The molecule has 0 aromatic heterocycles. The molecule has 0 aromatic rings. The molecule has 1 heterocycles. The summed E-state index contributed by atoms with van der Waals surface area (Å²) in [6.45, 7) is 1.43. The minimum atomic E-state index is -1.62. The maximum absolute atomic E-state index is 5.00. The van der Waals surface area contributed by atoms with Gasteiger partial charge in [-0.1, -0.05) is 0 Å². The summed E-state index contributed by atoms with van der Waals surface area (Å²) in [4.78, 5) is 0. The van der Waals surface area contributed by atoms with Gasteiger partial charge in [-0.05, 0) is 0 Å². The molecule has 42 valence electrons. The second kappa shape index (κ2) is 2.67. The quantitative estimate of drug-likeness (QED) is 0.499. The van der Waals surface area contributed by atoms with Crippen LogP contribution in [-0.2, 0) is 11.2 Å². The van der Waals surface area contributed by atoms with E-state index in [1.807, 2.05) is 0 Å². The van der Waals surface area contributed by atoms with Crippen molar-refractivity contribution in [3.05, 3.63) is 0 Å². The SMILES string of the molecule is CO[As]1OCCO1. The van der Waals surface area contributed by atoms with E-state index in [1.54, 1.807) is 7.11 Å². The van der Waals surface area contributed by atoms with Crippen LogP contribution in [0.2, 0.25) is 0 Å². The van der Waals surface area contributed by atoms with Gasteiger partial charge in [-0.15, -0.1) is 0 Å². The molecular formula is C3H7AsO3.